The van der Waals surface area contributed by atoms with E-state index in [1.165, 1.54) is 6.92 Å². The van der Waals surface area contributed by atoms with Gasteiger partial charge in [0.05, 0.1) is 9.98 Å². The molecule has 25 heavy (non-hydrogen) atoms. The summed E-state index contributed by atoms with van der Waals surface area (Å²) in [5, 5.41) is 8.96. The van der Waals surface area contributed by atoms with Crippen molar-refractivity contribution in [3.05, 3.63) is 54.1 Å². The number of hydrogen-bond donors (Lipinski definition) is 3. The minimum Gasteiger partial charge on any atom is -0.350 e. The number of rotatable bonds is 5. The summed E-state index contributed by atoms with van der Waals surface area (Å²) >= 11 is 10.7. The van der Waals surface area contributed by atoms with E-state index in [1.54, 1.807) is 12.1 Å². The van der Waals surface area contributed by atoms with Crippen molar-refractivity contribution in [2.45, 2.75) is 13.3 Å². The van der Waals surface area contributed by atoms with Gasteiger partial charge in [0.2, 0.25) is 5.91 Å². The van der Waals surface area contributed by atoms with Crippen LogP contribution in [0.25, 0.3) is 0 Å². The molecular formula is C19H17N3OS2. The normalized spacial score (nSPS) is 9.60. The zero-order valence-electron chi connectivity index (χ0n) is 13.6. The van der Waals surface area contributed by atoms with E-state index in [0.29, 0.717) is 16.4 Å². The highest BCUT2D eigenvalue weighted by molar-refractivity contribution is 7.82. The van der Waals surface area contributed by atoms with E-state index in [1.807, 2.05) is 36.4 Å². The quantitative estimate of drug-likeness (QED) is 0.546. The molecule has 0 aliphatic rings. The smallest absolute Gasteiger partial charge is 0.221 e. The Bertz CT molecular complexity index is 838. The molecule has 1 amide bonds. The van der Waals surface area contributed by atoms with Gasteiger partial charge in [-0.05, 0) is 42.5 Å². The number of anilines is 3. The summed E-state index contributed by atoms with van der Waals surface area (Å²) in [7, 11) is 0. The molecule has 3 N–H and O–H groups in total. The highest BCUT2D eigenvalue weighted by atomic mass is 32.1. The van der Waals surface area contributed by atoms with Crippen LogP contribution < -0.4 is 16.0 Å². The monoisotopic (exact) mass is 367 g/mol. The average molecular weight is 367 g/mol. The van der Waals surface area contributed by atoms with Gasteiger partial charge in [0.15, 0.2) is 0 Å². The SMILES string of the molecule is C#Cc1cccc(NC(=S)CC(=S)Nc2ccc(NC(C)=O)cc2)c1. The van der Waals surface area contributed by atoms with Crippen LogP contribution in [0, 0.1) is 12.3 Å². The molecule has 2 rings (SSSR count). The molecule has 6 heteroatoms. The first-order valence-corrected chi connectivity index (χ1v) is 8.32. The van der Waals surface area contributed by atoms with Crippen molar-refractivity contribution in [1.29, 1.82) is 0 Å². The molecule has 2 aromatic carbocycles. The molecule has 0 aliphatic carbocycles. The molecule has 126 valence electrons. The van der Waals surface area contributed by atoms with Crippen LogP contribution >= 0.6 is 24.4 Å². The van der Waals surface area contributed by atoms with E-state index in [-0.39, 0.29) is 5.91 Å². The Labute approximate surface area is 158 Å². The summed E-state index contributed by atoms with van der Waals surface area (Å²) in [6.07, 6.45) is 5.80. The molecule has 0 fully saturated rings. The van der Waals surface area contributed by atoms with E-state index in [9.17, 15) is 4.79 Å². The van der Waals surface area contributed by atoms with Crippen molar-refractivity contribution in [3.8, 4) is 12.3 Å². The van der Waals surface area contributed by atoms with Crippen LogP contribution in [-0.4, -0.2) is 15.9 Å². The van der Waals surface area contributed by atoms with Gasteiger partial charge in [0.1, 0.15) is 0 Å². The third kappa shape index (κ3) is 6.34. The maximum Gasteiger partial charge on any atom is 0.221 e. The Morgan fingerprint density at radius 3 is 2.08 bits per heavy atom. The van der Waals surface area contributed by atoms with Crippen LogP contribution in [-0.2, 0) is 4.79 Å². The first-order valence-electron chi connectivity index (χ1n) is 7.50. The summed E-state index contributed by atoms with van der Waals surface area (Å²) in [4.78, 5) is 12.2. The molecule has 0 saturated carbocycles. The second-order valence-electron chi connectivity index (χ2n) is 5.26. The second kappa shape index (κ2) is 8.92. The number of carbonyl (C=O) groups excluding carboxylic acids is 1. The van der Waals surface area contributed by atoms with E-state index in [2.05, 4.69) is 21.9 Å². The van der Waals surface area contributed by atoms with Gasteiger partial charge in [0.25, 0.3) is 0 Å². The summed E-state index contributed by atoms with van der Waals surface area (Å²) in [5.41, 5.74) is 3.18. The molecule has 2 aromatic rings. The van der Waals surface area contributed by atoms with Crippen molar-refractivity contribution in [2.24, 2.45) is 0 Å². The number of hydrogen-bond acceptors (Lipinski definition) is 3. The average Bonchev–Trinajstić information content (AvgIpc) is 2.56. The number of carbonyl (C=O) groups is 1. The Kier molecular flexibility index (Phi) is 6.63. The van der Waals surface area contributed by atoms with Gasteiger partial charge in [-0.15, -0.1) is 6.42 Å². The van der Waals surface area contributed by atoms with E-state index < -0.39 is 0 Å². The van der Waals surface area contributed by atoms with Crippen LogP contribution in [0.15, 0.2) is 48.5 Å². The molecule has 0 heterocycles. The van der Waals surface area contributed by atoms with Gasteiger partial charge < -0.3 is 16.0 Å². The number of thiocarbonyl (C=S) groups is 2. The molecule has 0 saturated heterocycles. The van der Waals surface area contributed by atoms with Crippen molar-refractivity contribution in [3.63, 3.8) is 0 Å². The van der Waals surface area contributed by atoms with Gasteiger partial charge in [-0.2, -0.15) is 0 Å². The molecule has 0 aromatic heterocycles. The molecule has 0 radical (unpaired) electrons. The summed E-state index contributed by atoms with van der Waals surface area (Å²) < 4.78 is 0. The molecule has 0 unspecified atom stereocenters. The third-order valence-electron chi connectivity index (χ3n) is 3.12. The largest absolute Gasteiger partial charge is 0.350 e. The van der Waals surface area contributed by atoms with Crippen LogP contribution in [0.4, 0.5) is 17.1 Å². The van der Waals surface area contributed by atoms with Gasteiger partial charge in [-0.25, -0.2) is 0 Å². The zero-order chi connectivity index (χ0) is 18.2. The van der Waals surface area contributed by atoms with Crippen LogP contribution in [0.1, 0.15) is 18.9 Å². The summed E-state index contributed by atoms with van der Waals surface area (Å²) in [5.74, 6) is 2.47. The van der Waals surface area contributed by atoms with Gasteiger partial charge in [-0.3, -0.25) is 4.79 Å². The minimum atomic E-state index is -0.110. The van der Waals surface area contributed by atoms with E-state index >= 15 is 0 Å². The topological polar surface area (TPSA) is 53.2 Å². The fourth-order valence-electron chi connectivity index (χ4n) is 2.08. The van der Waals surface area contributed by atoms with Crippen LogP contribution in [0.2, 0.25) is 0 Å². The Hall–Kier alpha value is -2.75. The van der Waals surface area contributed by atoms with Gasteiger partial charge in [0, 0.05) is 36.0 Å². The predicted octanol–water partition coefficient (Wildman–Crippen LogP) is 4.20. The lowest BCUT2D eigenvalue weighted by Crippen LogP contribution is -2.18. The zero-order valence-corrected chi connectivity index (χ0v) is 15.3. The maximum atomic E-state index is 11.0. The third-order valence-corrected chi connectivity index (χ3v) is 3.62. The predicted molar refractivity (Wildman–Crippen MR) is 112 cm³/mol. The van der Waals surface area contributed by atoms with E-state index in [4.69, 9.17) is 30.9 Å². The maximum absolute atomic E-state index is 11.0. The molecular weight excluding hydrogens is 350 g/mol. The van der Waals surface area contributed by atoms with Crippen molar-refractivity contribution >= 4 is 57.4 Å². The fourth-order valence-corrected chi connectivity index (χ4v) is 2.70. The highest BCUT2D eigenvalue weighted by Gasteiger charge is 2.04. The van der Waals surface area contributed by atoms with Crippen molar-refractivity contribution in [1.82, 2.24) is 0 Å². The first-order chi connectivity index (χ1) is 12.0. The highest BCUT2D eigenvalue weighted by Crippen LogP contribution is 2.15. The molecule has 0 spiro atoms. The lowest BCUT2D eigenvalue weighted by molar-refractivity contribution is -0.114. The number of terminal acetylenes is 1. The lowest BCUT2D eigenvalue weighted by atomic mass is 10.2. The van der Waals surface area contributed by atoms with Crippen LogP contribution in [0.5, 0.6) is 0 Å². The summed E-state index contributed by atoms with van der Waals surface area (Å²) in [6.45, 7) is 1.47. The van der Waals surface area contributed by atoms with Gasteiger partial charge >= 0.3 is 0 Å². The molecule has 4 nitrogen and oxygen atoms in total. The molecule has 0 aliphatic heterocycles. The second-order valence-corrected chi connectivity index (χ2v) is 6.24. The first kappa shape index (κ1) is 18.6. The van der Waals surface area contributed by atoms with Crippen molar-refractivity contribution < 1.29 is 4.79 Å². The van der Waals surface area contributed by atoms with Crippen LogP contribution in [0.3, 0.4) is 0 Å². The fraction of sp³-hybridized carbons (Fsp3) is 0.105. The van der Waals surface area contributed by atoms with Crippen molar-refractivity contribution in [2.75, 3.05) is 16.0 Å². The Balaban J connectivity index is 1.87. The standard InChI is InChI=1S/C19H17N3OS2/c1-3-14-5-4-6-17(11-14)22-19(25)12-18(24)21-16-9-7-15(8-10-16)20-13(2)23/h1,4-11H,12H2,2H3,(H,20,23)(H,21,24)(H,22,25). The minimum absolute atomic E-state index is 0.110. The summed E-state index contributed by atoms with van der Waals surface area (Å²) in [6, 6.07) is 14.7. The number of amides is 1. The molecule has 0 atom stereocenters. The number of nitrogens with one attached hydrogen (secondary N) is 3. The Morgan fingerprint density at radius 1 is 0.960 bits per heavy atom. The van der Waals surface area contributed by atoms with Gasteiger partial charge in [-0.1, -0.05) is 36.4 Å². The van der Waals surface area contributed by atoms with E-state index in [0.717, 1.165) is 22.6 Å². The number of benzene rings is 2. The lowest BCUT2D eigenvalue weighted by Gasteiger charge is -2.11. The molecule has 0 bridgehead atoms. The Morgan fingerprint density at radius 2 is 1.52 bits per heavy atom.